The number of rotatable bonds is 2. The third kappa shape index (κ3) is 8.16. The summed E-state index contributed by atoms with van der Waals surface area (Å²) in [7, 11) is 0. The van der Waals surface area contributed by atoms with E-state index in [1.54, 1.807) is 5.57 Å². The van der Waals surface area contributed by atoms with Gasteiger partial charge in [0.25, 0.3) is 0 Å². The Hall–Kier alpha value is -2.70. The van der Waals surface area contributed by atoms with Crippen molar-refractivity contribution in [3.63, 3.8) is 0 Å². The number of hydrogen-bond donors (Lipinski definition) is 0. The molecule has 4 aliphatic carbocycles. The summed E-state index contributed by atoms with van der Waals surface area (Å²) in [6.45, 7) is 20.6. The van der Waals surface area contributed by atoms with Crippen molar-refractivity contribution in [2.45, 2.75) is 105 Å². The minimum absolute atomic E-state index is 0. The molecule has 1 fully saturated rings. The molecule has 5 aromatic carbocycles. The third-order valence-corrected chi connectivity index (χ3v) is 12.9. The van der Waals surface area contributed by atoms with Crippen LogP contribution in [0.3, 0.4) is 0 Å². The van der Waals surface area contributed by atoms with E-state index in [4.69, 9.17) is 0 Å². The fraction of sp³-hybridized carbons (Fsp3) is 0.360. The minimum atomic E-state index is 0. The first kappa shape index (κ1) is 41.5. The molecule has 0 saturated heterocycles. The van der Waals surface area contributed by atoms with Gasteiger partial charge in [-0.3, -0.25) is 6.08 Å². The first-order valence-corrected chi connectivity index (χ1v) is 20.4. The van der Waals surface area contributed by atoms with E-state index in [-0.39, 0.29) is 35.6 Å². The van der Waals surface area contributed by atoms with Crippen LogP contribution in [0.2, 0.25) is 0 Å². The molecule has 3 heteroatoms. The van der Waals surface area contributed by atoms with Gasteiger partial charge in [0.05, 0.1) is 0 Å². The van der Waals surface area contributed by atoms with E-state index in [9.17, 15) is 0 Å². The van der Waals surface area contributed by atoms with E-state index in [1.165, 1.54) is 131 Å². The number of benzene rings is 4. The topological polar surface area (TPSA) is 0 Å². The maximum Gasteiger partial charge on any atom is -1.00 e. The molecule has 0 amide bonds. The molecule has 1 unspecified atom stereocenters. The molecule has 0 aromatic heterocycles. The second kappa shape index (κ2) is 15.8. The maximum atomic E-state index is 3.37. The predicted octanol–water partition coefficient (Wildman–Crippen LogP) is 7.93. The summed E-state index contributed by atoms with van der Waals surface area (Å²) in [5.74, 6) is 0.550. The Morgan fingerprint density at radius 1 is 0.717 bits per heavy atom. The fourth-order valence-electron chi connectivity index (χ4n) is 9.22. The molecule has 0 spiro atoms. The van der Waals surface area contributed by atoms with Crippen LogP contribution in [0.25, 0.3) is 43.5 Å². The van der Waals surface area contributed by atoms with Crippen molar-refractivity contribution >= 4 is 46.7 Å². The van der Waals surface area contributed by atoms with Crippen molar-refractivity contribution < 1.29 is 49.0 Å². The molecule has 0 N–H and O–H groups in total. The number of fused-ring (bicyclic) bond motifs is 6. The summed E-state index contributed by atoms with van der Waals surface area (Å²) in [5, 5.41) is 8.23. The van der Waals surface area contributed by atoms with Gasteiger partial charge in [-0.1, -0.05) is 120 Å². The first-order valence-electron chi connectivity index (χ1n) is 19.1. The van der Waals surface area contributed by atoms with Crippen molar-refractivity contribution in [2.75, 3.05) is 0 Å². The van der Waals surface area contributed by atoms with Crippen LogP contribution >= 0.6 is 0 Å². The van der Waals surface area contributed by atoms with Crippen molar-refractivity contribution in [3.05, 3.63) is 137 Å². The van der Waals surface area contributed by atoms with Crippen molar-refractivity contribution in [3.8, 4) is 0 Å². The molecule has 53 heavy (non-hydrogen) atoms. The van der Waals surface area contributed by atoms with Crippen molar-refractivity contribution in [2.24, 2.45) is 11.3 Å². The monoisotopic (exact) mass is 814 g/mol. The zero-order valence-electron chi connectivity index (χ0n) is 33.1. The van der Waals surface area contributed by atoms with Gasteiger partial charge in [-0.2, -0.15) is 11.6 Å². The second-order valence-electron chi connectivity index (χ2n) is 17.2. The van der Waals surface area contributed by atoms with E-state index in [0.717, 1.165) is 0 Å². The second-order valence-corrected chi connectivity index (χ2v) is 19.1. The molecule has 0 aliphatic heterocycles. The van der Waals surface area contributed by atoms with Crippen molar-refractivity contribution in [1.29, 1.82) is 0 Å². The number of hydrogen-bond acceptors (Lipinski definition) is 0. The van der Waals surface area contributed by atoms with Gasteiger partial charge in [0.2, 0.25) is 0 Å². The first-order chi connectivity index (χ1) is 24.1. The zero-order chi connectivity index (χ0) is 36.3. The van der Waals surface area contributed by atoms with Gasteiger partial charge in [-0.15, -0.1) is 39.7 Å². The summed E-state index contributed by atoms with van der Waals surface area (Å²) in [6, 6.07) is 27.2. The molecule has 1 atom stereocenters. The zero-order valence-corrected chi connectivity index (χ0v) is 37.1. The molecule has 0 radical (unpaired) electrons. The maximum absolute atomic E-state index is 3.37. The van der Waals surface area contributed by atoms with E-state index < -0.39 is 0 Å². The van der Waals surface area contributed by atoms with Crippen LogP contribution in [0.1, 0.15) is 122 Å². The summed E-state index contributed by atoms with van der Waals surface area (Å²) >= 11 is 1.50. The Morgan fingerprint density at radius 3 is 1.74 bits per heavy atom. The van der Waals surface area contributed by atoms with Crippen LogP contribution in [0.5, 0.6) is 0 Å². The smallest absolute Gasteiger partial charge is 1.00 e. The van der Waals surface area contributed by atoms with Gasteiger partial charge < -0.3 is 24.8 Å². The van der Waals surface area contributed by atoms with E-state index >= 15 is 0 Å². The average molecular weight is 817 g/mol. The normalized spacial score (nSPS) is 19.8. The summed E-state index contributed by atoms with van der Waals surface area (Å²) in [4.78, 5) is 0. The Morgan fingerprint density at radius 2 is 1.25 bits per heavy atom. The summed E-state index contributed by atoms with van der Waals surface area (Å²) in [5.41, 5.74) is 12.3. The predicted molar refractivity (Wildman–Crippen MR) is 220 cm³/mol. The molecule has 4 aliphatic rings. The molecule has 5 aromatic rings. The minimum Gasteiger partial charge on any atom is -1.00 e. The molecule has 0 bridgehead atoms. The van der Waals surface area contributed by atoms with Gasteiger partial charge >= 0.3 is 93.2 Å². The van der Waals surface area contributed by atoms with Crippen LogP contribution < -0.4 is 24.8 Å². The molecular formula is C50H54Cl2Zr-2. The largest absolute Gasteiger partial charge is 1.00 e. The molecule has 0 heterocycles. The summed E-state index contributed by atoms with van der Waals surface area (Å²) in [6.07, 6.45) is 19.8. The van der Waals surface area contributed by atoms with Gasteiger partial charge in [-0.25, -0.2) is 6.08 Å². The van der Waals surface area contributed by atoms with Crippen LogP contribution in [0, 0.1) is 17.4 Å². The molecule has 1 saturated carbocycles. The standard InChI is InChI=1S/C25H25.C13H19.C12H10.2ClH.Zr/c1-14-12-24(3,4)22-8-16-7-17-9-23-19(15(2)13-25(23,5)6)11-21(17)20(16)10-18(14)22;1-11-6-7-12(10-11)13(2)8-4-3-5-9-13;1-2-10-7-8-11-5-3-4-6-12(11)9-10;;;/h7-13H,1-6H3;7,10-11H,3-5,8-9H2,1-2H3;3-9H,1H3;2*1H;/q2*-1;;;;+2/p-2. The summed E-state index contributed by atoms with van der Waals surface area (Å²) < 4.78 is 1.46. The van der Waals surface area contributed by atoms with Gasteiger partial charge in [0.15, 0.2) is 0 Å². The van der Waals surface area contributed by atoms with Crippen LogP contribution in [0.15, 0.2) is 103 Å². The Bertz CT molecular complexity index is 2220. The Balaban J connectivity index is 0.000000165. The van der Waals surface area contributed by atoms with Gasteiger partial charge in [0, 0.05) is 10.8 Å². The van der Waals surface area contributed by atoms with Crippen molar-refractivity contribution in [1.82, 2.24) is 0 Å². The molecule has 0 nitrogen and oxygen atoms in total. The molecular weight excluding hydrogens is 763 g/mol. The number of halogens is 2. The van der Waals surface area contributed by atoms with Gasteiger partial charge in [0.1, 0.15) is 0 Å². The van der Waals surface area contributed by atoms with Crippen LogP contribution in [-0.4, -0.2) is 3.21 Å². The van der Waals surface area contributed by atoms with E-state index in [2.05, 4.69) is 165 Å². The quantitative estimate of drug-likeness (QED) is 0.159. The Kier molecular flexibility index (Phi) is 12.4. The third-order valence-electron chi connectivity index (χ3n) is 12.1. The average Bonchev–Trinajstić information content (AvgIpc) is 3.81. The SMILES string of the molecule is CC1=CC(C)(C)c2cc3[cH-]c4cc5c(cc4c3cc21)C(C)=CC5(C)C.CC1[C-]=CC(C2(C)CCCCC2)=C1.C[C](=[Zr+2])c1ccc2ccccc2c1.[Cl-].[Cl-]. The number of allylic oxidation sites excluding steroid dienone is 8. The molecule has 9 rings (SSSR count). The fourth-order valence-corrected chi connectivity index (χ4v) is 9.61. The molecule has 274 valence electrons. The Labute approximate surface area is 346 Å². The van der Waals surface area contributed by atoms with Crippen LogP contribution in [0.4, 0.5) is 0 Å². The van der Waals surface area contributed by atoms with Gasteiger partial charge in [-0.05, 0) is 36.1 Å². The van der Waals surface area contributed by atoms with E-state index in [1.807, 2.05) is 0 Å². The van der Waals surface area contributed by atoms with E-state index in [0.29, 0.717) is 11.3 Å². The van der Waals surface area contributed by atoms with Crippen LogP contribution in [-0.2, 0) is 35.1 Å².